The number of pyridine rings is 1. The van der Waals surface area contributed by atoms with E-state index in [1.54, 1.807) is 6.07 Å². The van der Waals surface area contributed by atoms with Crippen LogP contribution in [-0.4, -0.2) is 49.7 Å². The van der Waals surface area contributed by atoms with Gasteiger partial charge in [0.25, 0.3) is 0 Å². The van der Waals surface area contributed by atoms with Gasteiger partial charge in [-0.15, -0.1) is 0 Å². The second-order valence-corrected chi connectivity index (χ2v) is 5.75. The molecule has 23 heavy (non-hydrogen) atoms. The molecule has 0 atom stereocenters. The molecule has 0 amide bonds. The van der Waals surface area contributed by atoms with Crippen LogP contribution in [-0.2, 0) is 6.42 Å². The van der Waals surface area contributed by atoms with E-state index in [0.29, 0.717) is 5.75 Å². The molecule has 1 fully saturated rings. The van der Waals surface area contributed by atoms with E-state index in [9.17, 15) is 4.39 Å². The predicted octanol–water partition coefficient (Wildman–Crippen LogP) is 2.59. The molecule has 4 nitrogen and oxygen atoms in total. The number of benzene rings is 1. The lowest BCUT2D eigenvalue weighted by molar-refractivity contribution is 0.261. The van der Waals surface area contributed by atoms with Crippen molar-refractivity contribution in [3.8, 4) is 5.75 Å². The standard InChI is InChI=1S/C18H22FN3O/c1-23-18-14-16(2-3-17(18)19)22-12-10-21(11-13-22)9-6-15-4-7-20-8-5-15/h2-5,7-8,14H,6,9-13H2,1H3. The van der Waals surface area contributed by atoms with E-state index in [4.69, 9.17) is 4.74 Å². The van der Waals surface area contributed by atoms with E-state index in [1.807, 2.05) is 18.5 Å². The molecule has 2 heterocycles. The lowest BCUT2D eigenvalue weighted by Crippen LogP contribution is -2.47. The number of methoxy groups -OCH3 is 1. The van der Waals surface area contributed by atoms with Crippen molar-refractivity contribution in [2.75, 3.05) is 44.7 Å². The zero-order chi connectivity index (χ0) is 16.1. The fraction of sp³-hybridized carbons (Fsp3) is 0.389. The summed E-state index contributed by atoms with van der Waals surface area (Å²) in [6, 6.07) is 9.22. The van der Waals surface area contributed by atoms with Crippen LogP contribution in [0.5, 0.6) is 5.75 Å². The molecule has 122 valence electrons. The SMILES string of the molecule is COc1cc(N2CCN(CCc3ccncc3)CC2)ccc1F. The van der Waals surface area contributed by atoms with Gasteiger partial charge in [0.05, 0.1) is 7.11 Å². The molecule has 0 unspecified atom stereocenters. The minimum absolute atomic E-state index is 0.308. The highest BCUT2D eigenvalue weighted by molar-refractivity contribution is 5.51. The van der Waals surface area contributed by atoms with Crippen molar-refractivity contribution < 1.29 is 9.13 Å². The zero-order valence-electron chi connectivity index (χ0n) is 13.4. The normalized spacial score (nSPS) is 15.7. The average molecular weight is 315 g/mol. The molecule has 2 aromatic rings. The summed E-state index contributed by atoms with van der Waals surface area (Å²) in [5, 5.41) is 0. The molecule has 3 rings (SSSR count). The van der Waals surface area contributed by atoms with Crippen LogP contribution in [0.3, 0.4) is 0 Å². The molecule has 0 aliphatic carbocycles. The predicted molar refractivity (Wildman–Crippen MR) is 89.5 cm³/mol. The molecule has 1 aromatic carbocycles. The van der Waals surface area contributed by atoms with Crippen molar-refractivity contribution in [3.05, 3.63) is 54.1 Å². The maximum Gasteiger partial charge on any atom is 0.165 e. The second-order valence-electron chi connectivity index (χ2n) is 5.75. The number of anilines is 1. The summed E-state index contributed by atoms with van der Waals surface area (Å²) in [5.74, 6) is -0.00477. The minimum atomic E-state index is -0.313. The first-order valence-electron chi connectivity index (χ1n) is 7.96. The van der Waals surface area contributed by atoms with Gasteiger partial charge in [-0.1, -0.05) is 0 Å². The molecular weight excluding hydrogens is 293 g/mol. The Hall–Kier alpha value is -2.14. The molecule has 0 N–H and O–H groups in total. The minimum Gasteiger partial charge on any atom is -0.494 e. The maximum atomic E-state index is 13.5. The quantitative estimate of drug-likeness (QED) is 0.848. The molecule has 0 saturated carbocycles. The van der Waals surface area contributed by atoms with Crippen LogP contribution in [0.2, 0.25) is 0 Å². The maximum absolute atomic E-state index is 13.5. The van der Waals surface area contributed by atoms with Crippen LogP contribution < -0.4 is 9.64 Å². The molecule has 1 saturated heterocycles. The van der Waals surface area contributed by atoms with E-state index in [1.165, 1.54) is 18.7 Å². The van der Waals surface area contributed by atoms with Gasteiger partial charge in [-0.3, -0.25) is 9.88 Å². The number of aromatic nitrogens is 1. The van der Waals surface area contributed by atoms with Crippen molar-refractivity contribution in [1.82, 2.24) is 9.88 Å². The number of piperazine rings is 1. The second kappa shape index (κ2) is 7.42. The third-order valence-electron chi connectivity index (χ3n) is 4.34. The fourth-order valence-corrected chi connectivity index (χ4v) is 2.91. The Bertz CT molecular complexity index is 627. The smallest absolute Gasteiger partial charge is 0.165 e. The van der Waals surface area contributed by atoms with Gasteiger partial charge in [-0.2, -0.15) is 0 Å². The van der Waals surface area contributed by atoms with Crippen molar-refractivity contribution in [3.63, 3.8) is 0 Å². The Morgan fingerprint density at radius 1 is 1.09 bits per heavy atom. The van der Waals surface area contributed by atoms with Gasteiger partial charge in [0.1, 0.15) is 0 Å². The lowest BCUT2D eigenvalue weighted by atomic mass is 10.1. The number of rotatable bonds is 5. The summed E-state index contributed by atoms with van der Waals surface area (Å²) < 4.78 is 18.6. The number of halogens is 1. The molecule has 1 aliphatic rings. The first-order chi connectivity index (χ1) is 11.3. The summed E-state index contributed by atoms with van der Waals surface area (Å²) in [5.41, 5.74) is 2.35. The summed E-state index contributed by atoms with van der Waals surface area (Å²) in [6.45, 7) is 5.00. The van der Waals surface area contributed by atoms with Crippen LogP contribution >= 0.6 is 0 Å². The fourth-order valence-electron chi connectivity index (χ4n) is 2.91. The zero-order valence-corrected chi connectivity index (χ0v) is 13.4. The topological polar surface area (TPSA) is 28.6 Å². The molecule has 1 aromatic heterocycles. The van der Waals surface area contributed by atoms with Crippen LogP contribution in [0.1, 0.15) is 5.56 Å². The first-order valence-corrected chi connectivity index (χ1v) is 7.96. The average Bonchev–Trinajstić information content (AvgIpc) is 2.62. The summed E-state index contributed by atoms with van der Waals surface area (Å²) in [4.78, 5) is 8.80. The van der Waals surface area contributed by atoms with Crippen LogP contribution in [0.25, 0.3) is 0 Å². The summed E-state index contributed by atoms with van der Waals surface area (Å²) in [6.07, 6.45) is 4.73. The van der Waals surface area contributed by atoms with Gasteiger partial charge < -0.3 is 9.64 Å². The molecule has 0 bridgehead atoms. The molecule has 1 aliphatic heterocycles. The van der Waals surface area contributed by atoms with Gasteiger partial charge in [0.2, 0.25) is 0 Å². The van der Waals surface area contributed by atoms with Crippen molar-refractivity contribution >= 4 is 5.69 Å². The van der Waals surface area contributed by atoms with Crippen LogP contribution in [0, 0.1) is 5.82 Å². The Morgan fingerprint density at radius 2 is 1.83 bits per heavy atom. The van der Waals surface area contributed by atoms with E-state index < -0.39 is 0 Å². The Labute approximate surface area is 136 Å². The first kappa shape index (κ1) is 15.7. The van der Waals surface area contributed by atoms with E-state index in [0.717, 1.165) is 44.8 Å². The highest BCUT2D eigenvalue weighted by atomic mass is 19.1. The van der Waals surface area contributed by atoms with Gasteiger partial charge in [-0.25, -0.2) is 4.39 Å². The van der Waals surface area contributed by atoms with Gasteiger partial charge in [-0.05, 0) is 36.2 Å². The molecule has 0 spiro atoms. The third-order valence-corrected chi connectivity index (χ3v) is 4.34. The van der Waals surface area contributed by atoms with E-state index in [-0.39, 0.29) is 5.82 Å². The number of hydrogen-bond donors (Lipinski definition) is 0. The number of nitrogens with zero attached hydrogens (tertiary/aromatic N) is 3. The molecular formula is C18H22FN3O. The monoisotopic (exact) mass is 315 g/mol. The molecule has 5 heteroatoms. The van der Waals surface area contributed by atoms with Gasteiger partial charge in [0, 0.05) is 56.9 Å². The number of hydrogen-bond acceptors (Lipinski definition) is 4. The Kier molecular flexibility index (Phi) is 5.08. The van der Waals surface area contributed by atoms with E-state index in [2.05, 4.69) is 26.9 Å². The Morgan fingerprint density at radius 3 is 2.52 bits per heavy atom. The number of ether oxygens (including phenoxy) is 1. The van der Waals surface area contributed by atoms with E-state index >= 15 is 0 Å². The van der Waals surface area contributed by atoms with Crippen LogP contribution in [0.15, 0.2) is 42.7 Å². The molecule has 0 radical (unpaired) electrons. The lowest BCUT2D eigenvalue weighted by Gasteiger charge is -2.36. The van der Waals surface area contributed by atoms with Gasteiger partial charge >= 0.3 is 0 Å². The van der Waals surface area contributed by atoms with Gasteiger partial charge in [0.15, 0.2) is 11.6 Å². The van der Waals surface area contributed by atoms with Crippen molar-refractivity contribution in [2.45, 2.75) is 6.42 Å². The van der Waals surface area contributed by atoms with Crippen molar-refractivity contribution in [1.29, 1.82) is 0 Å². The highest BCUT2D eigenvalue weighted by Crippen LogP contribution is 2.25. The highest BCUT2D eigenvalue weighted by Gasteiger charge is 2.18. The van der Waals surface area contributed by atoms with Crippen molar-refractivity contribution in [2.24, 2.45) is 0 Å². The summed E-state index contributed by atoms with van der Waals surface area (Å²) >= 11 is 0. The van der Waals surface area contributed by atoms with Crippen LogP contribution in [0.4, 0.5) is 10.1 Å². The summed E-state index contributed by atoms with van der Waals surface area (Å²) in [7, 11) is 1.50. The third kappa shape index (κ3) is 3.99. The largest absolute Gasteiger partial charge is 0.494 e. The Balaban J connectivity index is 1.52.